The lowest BCUT2D eigenvalue weighted by Gasteiger charge is -2.37. The molecule has 1 aromatic heterocycles. The van der Waals surface area contributed by atoms with E-state index in [4.69, 9.17) is 25.6 Å². The molecule has 0 amide bonds. The second kappa shape index (κ2) is 8.58. The van der Waals surface area contributed by atoms with Gasteiger partial charge in [-0.05, 0) is 64.2 Å². The molecule has 1 aromatic rings. The number of aromatic amines is 1. The number of H-pyrrole nitrogens is 1. The highest BCUT2D eigenvalue weighted by atomic mass is 32.9. The molecule has 0 radical (unpaired) electrons. The minimum Gasteiger partial charge on any atom is -0.352 e. The van der Waals surface area contributed by atoms with E-state index in [1.807, 2.05) is 6.92 Å². The summed E-state index contributed by atoms with van der Waals surface area (Å²) in [7, 11) is 0. The Kier molecular flexibility index (Phi) is 6.49. The highest BCUT2D eigenvalue weighted by molar-refractivity contribution is 8.68. The highest BCUT2D eigenvalue weighted by Crippen LogP contribution is 2.75. The van der Waals surface area contributed by atoms with Crippen molar-refractivity contribution in [3.8, 4) is 0 Å². The minimum atomic E-state index is -2.55. The molecule has 0 spiro atoms. The molecule has 1 saturated carbocycles. The Labute approximate surface area is 191 Å². The summed E-state index contributed by atoms with van der Waals surface area (Å²) in [5.74, 6) is 0.508. The van der Waals surface area contributed by atoms with Crippen LogP contribution in [-0.4, -0.2) is 32.6 Å². The zero-order chi connectivity index (χ0) is 22.6. The quantitative estimate of drug-likeness (QED) is 0.487. The van der Waals surface area contributed by atoms with Crippen molar-refractivity contribution < 1.29 is 13.8 Å². The van der Waals surface area contributed by atoms with E-state index in [9.17, 15) is 9.59 Å². The average Bonchev–Trinajstić information content (AvgIpc) is 3.20. The average molecular weight is 487 g/mol. The summed E-state index contributed by atoms with van der Waals surface area (Å²) in [5, 5.41) is 0.302. The maximum Gasteiger partial charge on any atom is 0.330 e. The lowest BCUT2D eigenvalue weighted by molar-refractivity contribution is -0.0205. The number of hydrogen-bond acceptors (Lipinski definition) is 7. The van der Waals surface area contributed by atoms with Gasteiger partial charge in [-0.2, -0.15) is 0 Å². The molecule has 7 nitrogen and oxygen atoms in total. The Balaban J connectivity index is 1.51. The number of nitrogens with zero attached hydrogens (tertiary/aromatic N) is 1. The molecule has 2 saturated heterocycles. The van der Waals surface area contributed by atoms with Crippen molar-refractivity contribution >= 4 is 28.9 Å². The fraction of sp³-hybridized carbons (Fsp3) is 0.714. The van der Waals surface area contributed by atoms with E-state index in [-0.39, 0.29) is 23.4 Å². The van der Waals surface area contributed by atoms with Gasteiger partial charge in [0.2, 0.25) is 5.69 Å². The zero-order valence-electron chi connectivity index (χ0n) is 18.5. The van der Waals surface area contributed by atoms with Gasteiger partial charge >= 0.3 is 5.69 Å². The summed E-state index contributed by atoms with van der Waals surface area (Å²) in [5.41, 5.74) is -1.98. The Morgan fingerprint density at radius 3 is 2.90 bits per heavy atom. The number of hydrogen-bond donors (Lipinski definition) is 1. The Hall–Kier alpha value is -0.700. The molecule has 31 heavy (non-hydrogen) atoms. The Bertz CT molecular complexity index is 1040. The molecular formula is C21H31N2O5PS2. The number of nitrogens with one attached hydrogen (secondary N) is 1. The molecular weight excluding hydrogens is 455 g/mol. The van der Waals surface area contributed by atoms with Gasteiger partial charge < -0.3 is 13.8 Å². The van der Waals surface area contributed by atoms with Crippen molar-refractivity contribution in [3.63, 3.8) is 0 Å². The first-order valence-electron chi connectivity index (χ1n) is 10.8. The third kappa shape index (κ3) is 4.55. The van der Waals surface area contributed by atoms with E-state index < -0.39 is 17.6 Å². The molecule has 0 bridgehead atoms. The second-order valence-electron chi connectivity index (χ2n) is 9.16. The lowest BCUT2D eigenvalue weighted by atomic mass is 9.77. The summed E-state index contributed by atoms with van der Waals surface area (Å²) in [6.45, 7) is 12.1. The number of rotatable bonds is 5. The standard InChI is InChI=1S/C21H31N2O5PS2/c1-6-15-16(10-18(26-15)23-11-13(4)19(24)22-20(23)25)27-29(30)28-21(5)8-7-14(12(2)3)9-17(21)31-29/h11,14-18H,2,6-10H2,1,3-5H3,(H,22,24,25)/t14-,15+,16-,17+,18+,21+,29-/m0/s1. The fourth-order valence-electron chi connectivity index (χ4n) is 4.74. The van der Waals surface area contributed by atoms with Crippen LogP contribution in [0.4, 0.5) is 0 Å². The van der Waals surface area contributed by atoms with Gasteiger partial charge in [0, 0.05) is 23.4 Å². The molecule has 3 aliphatic rings. The minimum absolute atomic E-state index is 0.188. The van der Waals surface area contributed by atoms with Crippen molar-refractivity contribution in [1.29, 1.82) is 0 Å². The van der Waals surface area contributed by atoms with E-state index in [1.54, 1.807) is 24.5 Å². The molecule has 3 fully saturated rings. The third-order valence-electron chi connectivity index (χ3n) is 6.75. The predicted molar refractivity (Wildman–Crippen MR) is 127 cm³/mol. The summed E-state index contributed by atoms with van der Waals surface area (Å²) >= 11 is 7.64. The number of aromatic nitrogens is 2. The molecule has 3 heterocycles. The number of ether oxygens (including phenoxy) is 1. The van der Waals surface area contributed by atoms with Gasteiger partial charge in [-0.3, -0.25) is 14.3 Å². The molecule has 172 valence electrons. The first kappa shape index (κ1) is 23.5. The molecule has 2 aliphatic heterocycles. The predicted octanol–water partition coefficient (Wildman–Crippen LogP) is 4.42. The number of allylic oxidation sites excluding steroid dienone is 1. The summed E-state index contributed by atoms with van der Waals surface area (Å²) in [6.07, 6.45) is 4.87. The van der Waals surface area contributed by atoms with Crippen molar-refractivity contribution in [2.75, 3.05) is 0 Å². The lowest BCUT2D eigenvalue weighted by Crippen LogP contribution is -2.40. The van der Waals surface area contributed by atoms with E-state index in [2.05, 4.69) is 25.4 Å². The van der Waals surface area contributed by atoms with Crippen molar-refractivity contribution in [2.24, 2.45) is 5.92 Å². The number of fused-ring (bicyclic) bond motifs is 1. The smallest absolute Gasteiger partial charge is 0.330 e. The summed E-state index contributed by atoms with van der Waals surface area (Å²) in [4.78, 5) is 26.4. The van der Waals surface area contributed by atoms with Gasteiger partial charge in [-0.15, -0.1) is 0 Å². The normalized spacial score (nSPS) is 40.1. The van der Waals surface area contributed by atoms with Crippen molar-refractivity contribution in [1.82, 2.24) is 9.55 Å². The van der Waals surface area contributed by atoms with Crippen LogP contribution in [0.15, 0.2) is 27.9 Å². The van der Waals surface area contributed by atoms with Crippen LogP contribution in [0.2, 0.25) is 0 Å². The van der Waals surface area contributed by atoms with Gasteiger partial charge in [0.05, 0.1) is 17.8 Å². The highest BCUT2D eigenvalue weighted by Gasteiger charge is 2.54. The van der Waals surface area contributed by atoms with E-state index in [0.29, 0.717) is 23.2 Å². The van der Waals surface area contributed by atoms with E-state index in [1.165, 1.54) is 10.1 Å². The van der Waals surface area contributed by atoms with Crippen LogP contribution >= 0.6 is 17.1 Å². The van der Waals surface area contributed by atoms with Crippen molar-refractivity contribution in [2.45, 2.75) is 89.1 Å². The SMILES string of the molecule is C=C(C)[C@H]1CC[C@@]2(C)O[P@](=S)(O[C@H]3C[C@H](n4cc(C)c(=O)[nH]c4=O)O[C@@H]3CC)S[C@@H]2C1. The summed E-state index contributed by atoms with van der Waals surface area (Å²) in [6, 6.07) is 0. The fourth-order valence-corrected chi connectivity index (χ4v) is 12.0. The molecule has 7 atom stereocenters. The Morgan fingerprint density at radius 1 is 1.48 bits per heavy atom. The second-order valence-corrected chi connectivity index (χ2v) is 15.4. The van der Waals surface area contributed by atoms with E-state index >= 15 is 0 Å². The van der Waals surface area contributed by atoms with Crippen LogP contribution in [0, 0.1) is 12.8 Å². The van der Waals surface area contributed by atoms with Crippen LogP contribution in [0.25, 0.3) is 0 Å². The Morgan fingerprint density at radius 2 is 2.23 bits per heavy atom. The molecule has 10 heteroatoms. The molecule has 0 aromatic carbocycles. The van der Waals surface area contributed by atoms with Crippen molar-refractivity contribution in [3.05, 3.63) is 44.8 Å². The van der Waals surface area contributed by atoms with Crippen LogP contribution in [0.5, 0.6) is 0 Å². The van der Waals surface area contributed by atoms with Gasteiger partial charge in [0.25, 0.3) is 5.56 Å². The van der Waals surface area contributed by atoms with Crippen LogP contribution in [0.1, 0.15) is 64.7 Å². The maximum absolute atomic E-state index is 12.3. The maximum atomic E-state index is 12.3. The topological polar surface area (TPSA) is 82.5 Å². The van der Waals surface area contributed by atoms with Crippen LogP contribution in [0.3, 0.4) is 0 Å². The van der Waals surface area contributed by atoms with Crippen LogP contribution < -0.4 is 11.2 Å². The van der Waals surface area contributed by atoms with Gasteiger partial charge in [0.15, 0.2) is 0 Å². The van der Waals surface area contributed by atoms with Gasteiger partial charge in [0.1, 0.15) is 6.23 Å². The largest absolute Gasteiger partial charge is 0.352 e. The third-order valence-corrected chi connectivity index (χ3v) is 12.4. The van der Waals surface area contributed by atoms with E-state index in [0.717, 1.165) is 25.7 Å². The zero-order valence-corrected chi connectivity index (χ0v) is 21.0. The molecule has 1 N–H and O–H groups in total. The van der Waals surface area contributed by atoms with Gasteiger partial charge in [-0.25, -0.2) is 4.79 Å². The first-order chi connectivity index (χ1) is 14.5. The monoisotopic (exact) mass is 486 g/mol. The van der Waals surface area contributed by atoms with Gasteiger partial charge in [-0.1, -0.05) is 30.5 Å². The molecule has 1 aliphatic carbocycles. The summed E-state index contributed by atoms with van der Waals surface area (Å²) < 4.78 is 20.6. The molecule has 4 rings (SSSR count). The first-order valence-corrected chi connectivity index (χ1v) is 15.0. The number of aryl methyl sites for hydroxylation is 1. The van der Waals surface area contributed by atoms with Crippen LogP contribution in [-0.2, 0) is 25.6 Å². The molecule has 0 unspecified atom stereocenters.